The van der Waals surface area contributed by atoms with Gasteiger partial charge in [-0.3, -0.25) is 0 Å². The average Bonchev–Trinajstić information content (AvgIpc) is 2.56. The molecule has 21 heavy (non-hydrogen) atoms. The van der Waals surface area contributed by atoms with E-state index in [1.165, 1.54) is 32.3 Å². The summed E-state index contributed by atoms with van der Waals surface area (Å²) in [6.45, 7) is 0. The predicted molar refractivity (Wildman–Crippen MR) is 89.2 cm³/mol. The Labute approximate surface area is 123 Å². The Morgan fingerprint density at radius 1 is 0.429 bits per heavy atom. The summed E-state index contributed by atoms with van der Waals surface area (Å²) in [5.41, 5.74) is 0. The Bertz CT molecular complexity index is 682. The van der Waals surface area contributed by atoms with E-state index < -0.39 is 0 Å². The fourth-order valence-electron chi connectivity index (χ4n) is 2.86. The van der Waals surface area contributed by atoms with Gasteiger partial charge >= 0.3 is 7.69 Å². The molecule has 0 aliphatic carbocycles. The summed E-state index contributed by atoms with van der Waals surface area (Å²) in [5.74, 6) is 0. The minimum atomic E-state index is 0. The van der Waals surface area contributed by atoms with Crippen molar-refractivity contribution in [1.29, 1.82) is 0 Å². The maximum Gasteiger partial charge on any atom is 0.482 e. The topological polar surface area (TPSA) is 40.5 Å². The van der Waals surface area contributed by atoms with Crippen LogP contribution in [0.2, 0.25) is 0 Å². The normalized spacial score (nSPS) is 10.4. The average molecular weight is 273 g/mol. The number of hydrogen-bond acceptors (Lipinski definition) is 2. The molecule has 0 spiro atoms. The van der Waals surface area contributed by atoms with Gasteiger partial charge in [-0.25, -0.2) is 0 Å². The summed E-state index contributed by atoms with van der Waals surface area (Å²) in [5, 5.41) is 22.0. The first-order valence-electron chi connectivity index (χ1n) is 6.75. The number of rotatable bonds is 0. The molecule has 0 saturated carbocycles. The summed E-state index contributed by atoms with van der Waals surface area (Å²) in [6, 6.07) is 26.0. The van der Waals surface area contributed by atoms with Crippen molar-refractivity contribution in [3.63, 3.8) is 0 Å². The van der Waals surface area contributed by atoms with Crippen molar-refractivity contribution in [1.82, 2.24) is 0 Å². The van der Waals surface area contributed by atoms with E-state index in [9.17, 15) is 0 Å². The molecular formula is C18H14BO2. The largest absolute Gasteiger partial charge is 0.482 e. The molecule has 4 aromatic carbocycles. The Kier molecular flexibility index (Phi) is 3.86. The second-order valence-electron chi connectivity index (χ2n) is 4.75. The lowest BCUT2D eigenvalue weighted by atomic mass is 9.95. The highest BCUT2D eigenvalue weighted by Gasteiger charge is 2.06. The third kappa shape index (κ3) is 2.37. The van der Waals surface area contributed by atoms with Gasteiger partial charge < -0.3 is 10.0 Å². The van der Waals surface area contributed by atoms with E-state index in [1.807, 2.05) is 0 Å². The molecule has 3 heteroatoms. The van der Waals surface area contributed by atoms with Crippen LogP contribution >= 0.6 is 0 Å². The van der Waals surface area contributed by atoms with E-state index in [2.05, 4.69) is 72.8 Å². The quantitative estimate of drug-likeness (QED) is 0.379. The molecule has 1 radical (unpaired) electrons. The van der Waals surface area contributed by atoms with E-state index in [1.54, 1.807) is 0 Å². The minimum absolute atomic E-state index is 0. The molecule has 2 N–H and O–H groups in total. The highest BCUT2D eigenvalue weighted by molar-refractivity contribution is 6.25. The van der Waals surface area contributed by atoms with Gasteiger partial charge in [0.15, 0.2) is 0 Å². The molecule has 0 fully saturated rings. The van der Waals surface area contributed by atoms with Crippen LogP contribution in [0.1, 0.15) is 0 Å². The zero-order valence-electron chi connectivity index (χ0n) is 11.4. The molecule has 0 unspecified atom stereocenters. The number of fused-ring (bicyclic) bond motifs is 6. The standard InChI is InChI=1S/C18H12.BH2O2/c1-2-8-14-13(7-1)15-9-3-4-11-17(15)18-12-6-5-10-16(14)18;2-1-3/h1-12H;2-3H. The van der Waals surface area contributed by atoms with Gasteiger partial charge in [0.05, 0.1) is 0 Å². The Morgan fingerprint density at radius 2 is 0.571 bits per heavy atom. The molecule has 0 atom stereocenters. The van der Waals surface area contributed by atoms with Gasteiger partial charge in [-0.05, 0) is 32.3 Å². The monoisotopic (exact) mass is 273 g/mol. The summed E-state index contributed by atoms with van der Waals surface area (Å²) in [7, 11) is 0. The van der Waals surface area contributed by atoms with Crippen LogP contribution in [0.5, 0.6) is 0 Å². The Hall–Kier alpha value is -2.36. The van der Waals surface area contributed by atoms with Crippen LogP contribution < -0.4 is 0 Å². The highest BCUT2D eigenvalue weighted by atomic mass is 16.4. The fraction of sp³-hybridized carbons (Fsp3) is 0. The van der Waals surface area contributed by atoms with Gasteiger partial charge in [0.1, 0.15) is 0 Å². The molecule has 101 valence electrons. The van der Waals surface area contributed by atoms with Crippen LogP contribution in [0.4, 0.5) is 0 Å². The molecule has 0 aromatic heterocycles. The maximum absolute atomic E-state index is 7.00. The van der Waals surface area contributed by atoms with E-state index in [-0.39, 0.29) is 7.69 Å². The van der Waals surface area contributed by atoms with Crippen LogP contribution in [-0.4, -0.2) is 17.7 Å². The summed E-state index contributed by atoms with van der Waals surface area (Å²) in [4.78, 5) is 0. The predicted octanol–water partition coefficient (Wildman–Crippen LogP) is 3.65. The molecule has 4 aromatic rings. The molecule has 4 rings (SSSR count). The van der Waals surface area contributed by atoms with Crippen molar-refractivity contribution in [2.45, 2.75) is 0 Å². The van der Waals surface area contributed by atoms with Crippen LogP contribution in [-0.2, 0) is 0 Å². The Morgan fingerprint density at radius 3 is 0.714 bits per heavy atom. The van der Waals surface area contributed by atoms with Crippen LogP contribution in [0, 0.1) is 0 Å². The lowest BCUT2D eigenvalue weighted by Gasteiger charge is -2.09. The van der Waals surface area contributed by atoms with Crippen molar-refractivity contribution in [2.75, 3.05) is 0 Å². The van der Waals surface area contributed by atoms with Gasteiger partial charge in [-0.15, -0.1) is 0 Å². The van der Waals surface area contributed by atoms with Crippen molar-refractivity contribution in [3.8, 4) is 0 Å². The van der Waals surface area contributed by atoms with E-state index in [0.717, 1.165) is 0 Å². The zero-order valence-corrected chi connectivity index (χ0v) is 11.4. The lowest BCUT2D eigenvalue weighted by molar-refractivity contribution is 0.448. The number of hydrogen-bond donors (Lipinski definition) is 2. The molecule has 0 heterocycles. The van der Waals surface area contributed by atoms with Gasteiger partial charge in [0.25, 0.3) is 0 Å². The lowest BCUT2D eigenvalue weighted by Crippen LogP contribution is -1.81. The third-order valence-corrected chi connectivity index (χ3v) is 3.65. The molecule has 0 amide bonds. The molecule has 2 nitrogen and oxygen atoms in total. The SMILES string of the molecule is O[B]O.c1ccc2c(c1)c1ccccc1c1ccccc21. The van der Waals surface area contributed by atoms with Crippen LogP contribution in [0.15, 0.2) is 72.8 Å². The second kappa shape index (κ2) is 5.96. The van der Waals surface area contributed by atoms with Crippen molar-refractivity contribution in [3.05, 3.63) is 72.8 Å². The van der Waals surface area contributed by atoms with Crippen molar-refractivity contribution in [2.24, 2.45) is 0 Å². The van der Waals surface area contributed by atoms with Crippen molar-refractivity contribution < 1.29 is 10.0 Å². The van der Waals surface area contributed by atoms with E-state index in [0.29, 0.717) is 0 Å². The van der Waals surface area contributed by atoms with Gasteiger partial charge in [0, 0.05) is 0 Å². The summed E-state index contributed by atoms with van der Waals surface area (Å²) < 4.78 is 0. The van der Waals surface area contributed by atoms with Gasteiger partial charge in [-0.1, -0.05) is 72.8 Å². The first-order chi connectivity index (χ1) is 10.4. The molecule has 0 bridgehead atoms. The third-order valence-electron chi connectivity index (χ3n) is 3.65. The van der Waals surface area contributed by atoms with Crippen LogP contribution in [0.25, 0.3) is 32.3 Å². The van der Waals surface area contributed by atoms with Gasteiger partial charge in [0.2, 0.25) is 0 Å². The molecular weight excluding hydrogens is 259 g/mol. The smallest absolute Gasteiger partial charge is 0.429 e. The highest BCUT2D eigenvalue weighted by Crippen LogP contribution is 2.34. The Balaban J connectivity index is 0.000000409. The summed E-state index contributed by atoms with van der Waals surface area (Å²) in [6.07, 6.45) is 0. The molecule has 0 saturated heterocycles. The number of benzene rings is 4. The molecule has 0 aliphatic heterocycles. The first kappa shape index (κ1) is 13.6. The zero-order chi connectivity index (χ0) is 14.7. The van der Waals surface area contributed by atoms with E-state index in [4.69, 9.17) is 10.0 Å². The first-order valence-corrected chi connectivity index (χ1v) is 6.75. The minimum Gasteiger partial charge on any atom is -0.429 e. The van der Waals surface area contributed by atoms with Crippen molar-refractivity contribution >= 4 is 40.0 Å². The molecule has 0 aliphatic rings. The fourth-order valence-corrected chi connectivity index (χ4v) is 2.86. The maximum atomic E-state index is 7.00. The van der Waals surface area contributed by atoms with Crippen LogP contribution in [0.3, 0.4) is 0 Å². The summed E-state index contributed by atoms with van der Waals surface area (Å²) >= 11 is 0. The van der Waals surface area contributed by atoms with Gasteiger partial charge in [-0.2, -0.15) is 0 Å². The second-order valence-corrected chi connectivity index (χ2v) is 4.75. The van der Waals surface area contributed by atoms with E-state index >= 15 is 0 Å².